The maximum absolute atomic E-state index is 11.7. The number of ketones is 1. The average molecular weight is 283 g/mol. The summed E-state index contributed by atoms with van der Waals surface area (Å²) in [4.78, 5) is 11.7. The summed E-state index contributed by atoms with van der Waals surface area (Å²) in [5, 5.41) is 3.92. The van der Waals surface area contributed by atoms with Crippen LogP contribution in [0.25, 0.3) is 0 Å². The summed E-state index contributed by atoms with van der Waals surface area (Å²) in [6, 6.07) is 9.10. The van der Waals surface area contributed by atoms with Crippen molar-refractivity contribution in [2.75, 3.05) is 5.84 Å². The molecule has 5 nitrogen and oxygen atoms in total. The van der Waals surface area contributed by atoms with Crippen LogP contribution in [-0.2, 0) is 6.54 Å². The molecule has 84 valence electrons. The summed E-state index contributed by atoms with van der Waals surface area (Å²) in [5.74, 6) is 5.43. The molecule has 1 aromatic carbocycles. The number of nitrogen functional groups attached to an aromatic ring is 1. The molecule has 0 aliphatic carbocycles. The van der Waals surface area contributed by atoms with E-state index in [4.69, 9.17) is 5.84 Å². The Morgan fingerprint density at radius 2 is 2.06 bits per heavy atom. The Bertz CT molecular complexity index is 469. The zero-order valence-electron chi connectivity index (χ0n) is 8.45. The van der Waals surface area contributed by atoms with Crippen molar-refractivity contribution in [2.24, 2.45) is 0 Å². The van der Waals surface area contributed by atoms with E-state index in [1.807, 2.05) is 18.2 Å². The Balaban J connectivity index is 0.00000128. The van der Waals surface area contributed by atoms with Gasteiger partial charge in [-0.2, -0.15) is 0 Å². The van der Waals surface area contributed by atoms with Crippen LogP contribution in [0.2, 0.25) is 0 Å². The average Bonchev–Trinajstić information content (AvgIpc) is 2.65. The van der Waals surface area contributed by atoms with Crippen molar-refractivity contribution < 1.29 is 26.5 Å². The third-order valence-electron chi connectivity index (χ3n) is 2.00. The fraction of sp³-hybridized carbons (Fsp3) is 0.100. The van der Waals surface area contributed by atoms with Gasteiger partial charge in [0.2, 0.25) is 6.33 Å². The van der Waals surface area contributed by atoms with Gasteiger partial charge in [0.25, 0.3) is 6.33 Å². The van der Waals surface area contributed by atoms with Crippen LogP contribution in [-0.4, -0.2) is 15.6 Å². The molecule has 0 fully saturated rings. The van der Waals surface area contributed by atoms with E-state index in [1.165, 1.54) is 15.7 Å². The van der Waals surface area contributed by atoms with Crippen LogP contribution < -0.4 is 27.5 Å². The number of carbonyl (C=O) groups excluding carboxylic acids is 1. The van der Waals surface area contributed by atoms with Crippen molar-refractivity contribution in [3.63, 3.8) is 0 Å². The SMILES string of the molecule is N[n+]1cnn(CC(=O)c2ccccc2)c1.[Br-]. The molecule has 0 aliphatic rings. The minimum absolute atomic E-state index is 0. The van der Waals surface area contributed by atoms with Crippen molar-refractivity contribution in [1.82, 2.24) is 9.78 Å². The standard InChI is InChI=1S/C10H11N4O.BrH/c11-13-7-12-14(8-13)6-10(15)9-4-2-1-3-5-9;/h1-5,7-8H,6,11H2;1H/q+1;/p-1. The van der Waals surface area contributed by atoms with Gasteiger partial charge in [0.1, 0.15) is 0 Å². The molecule has 0 saturated heterocycles. The first-order valence-electron chi connectivity index (χ1n) is 4.53. The molecule has 0 amide bonds. The molecule has 0 atom stereocenters. The molecule has 2 N–H and O–H groups in total. The zero-order valence-corrected chi connectivity index (χ0v) is 10.0. The van der Waals surface area contributed by atoms with E-state index in [9.17, 15) is 4.79 Å². The predicted octanol–water partition coefficient (Wildman–Crippen LogP) is -3.23. The van der Waals surface area contributed by atoms with Crippen LogP contribution in [0.4, 0.5) is 0 Å². The Kier molecular flexibility index (Phi) is 4.19. The largest absolute Gasteiger partial charge is 1.00 e. The second-order valence-electron chi connectivity index (χ2n) is 3.18. The Morgan fingerprint density at radius 1 is 1.38 bits per heavy atom. The van der Waals surface area contributed by atoms with Gasteiger partial charge < -0.3 is 17.0 Å². The molecule has 16 heavy (non-hydrogen) atoms. The van der Waals surface area contributed by atoms with E-state index in [0.29, 0.717) is 5.56 Å². The van der Waals surface area contributed by atoms with Crippen molar-refractivity contribution >= 4 is 5.78 Å². The highest BCUT2D eigenvalue weighted by molar-refractivity contribution is 5.95. The lowest BCUT2D eigenvalue weighted by Crippen LogP contribution is -3.00. The predicted molar refractivity (Wildman–Crippen MR) is 53.3 cm³/mol. The summed E-state index contributed by atoms with van der Waals surface area (Å²) < 4.78 is 2.80. The Morgan fingerprint density at radius 3 is 2.62 bits per heavy atom. The van der Waals surface area contributed by atoms with E-state index >= 15 is 0 Å². The molecule has 0 unspecified atom stereocenters. The molecule has 1 aromatic heterocycles. The van der Waals surface area contributed by atoms with Crippen molar-refractivity contribution in [2.45, 2.75) is 6.54 Å². The van der Waals surface area contributed by atoms with Crippen molar-refractivity contribution in [3.8, 4) is 0 Å². The summed E-state index contributed by atoms with van der Waals surface area (Å²) in [6.45, 7) is 0.203. The number of hydrogen-bond donors (Lipinski definition) is 1. The van der Waals surface area contributed by atoms with Gasteiger partial charge in [-0.15, -0.1) is 9.36 Å². The molecule has 0 saturated carbocycles. The number of carbonyl (C=O) groups is 1. The Labute approximate surface area is 103 Å². The van der Waals surface area contributed by atoms with Gasteiger partial charge in [-0.25, -0.2) is 0 Å². The van der Waals surface area contributed by atoms with E-state index in [2.05, 4.69) is 5.10 Å². The minimum atomic E-state index is 0. The van der Waals surface area contributed by atoms with Gasteiger partial charge in [-0.1, -0.05) is 30.3 Å². The highest BCUT2D eigenvalue weighted by Gasteiger charge is 2.11. The lowest BCUT2D eigenvalue weighted by atomic mass is 10.1. The lowest BCUT2D eigenvalue weighted by molar-refractivity contribution is -0.639. The zero-order chi connectivity index (χ0) is 10.7. The summed E-state index contributed by atoms with van der Waals surface area (Å²) in [6.07, 6.45) is 3.00. The highest BCUT2D eigenvalue weighted by Crippen LogP contribution is 2.00. The lowest BCUT2D eigenvalue weighted by Gasteiger charge is -1.95. The van der Waals surface area contributed by atoms with Crippen molar-refractivity contribution in [3.05, 3.63) is 48.5 Å². The highest BCUT2D eigenvalue weighted by atomic mass is 79.9. The smallest absolute Gasteiger partial charge is 0.286 e. The van der Waals surface area contributed by atoms with E-state index < -0.39 is 0 Å². The van der Waals surface area contributed by atoms with E-state index in [-0.39, 0.29) is 29.3 Å². The van der Waals surface area contributed by atoms with Gasteiger partial charge >= 0.3 is 0 Å². The third-order valence-corrected chi connectivity index (χ3v) is 2.00. The van der Waals surface area contributed by atoms with Gasteiger partial charge in [0.05, 0.1) is 0 Å². The van der Waals surface area contributed by atoms with E-state index in [0.717, 1.165) is 0 Å². The molecule has 0 radical (unpaired) electrons. The quantitative estimate of drug-likeness (QED) is 0.366. The van der Waals surface area contributed by atoms with Crippen molar-refractivity contribution in [1.29, 1.82) is 0 Å². The van der Waals surface area contributed by atoms with Gasteiger partial charge in [-0.05, 0) is 0 Å². The summed E-state index contributed by atoms with van der Waals surface area (Å²) >= 11 is 0. The van der Waals surface area contributed by atoms with Gasteiger partial charge in [0, 0.05) is 10.7 Å². The fourth-order valence-corrected chi connectivity index (χ4v) is 1.28. The number of aromatic nitrogens is 3. The molecule has 0 aliphatic heterocycles. The molecular weight excluding hydrogens is 272 g/mol. The second kappa shape index (κ2) is 5.41. The van der Waals surface area contributed by atoms with Crippen LogP contribution in [0.3, 0.4) is 0 Å². The molecule has 1 heterocycles. The van der Waals surface area contributed by atoms with Gasteiger partial charge in [-0.3, -0.25) is 10.6 Å². The van der Waals surface area contributed by atoms with Crippen LogP contribution in [0.5, 0.6) is 0 Å². The van der Waals surface area contributed by atoms with Crippen LogP contribution in [0, 0.1) is 0 Å². The molecular formula is C10H11BrN4O. The number of nitrogens with zero attached hydrogens (tertiary/aromatic N) is 3. The number of Topliss-reactive ketones (excluding diaryl/α,β-unsaturated/α-hetero) is 1. The van der Waals surface area contributed by atoms with Crippen LogP contribution >= 0.6 is 0 Å². The molecule has 0 spiro atoms. The number of benzene rings is 1. The molecule has 6 heteroatoms. The summed E-state index contributed by atoms with van der Waals surface area (Å²) in [7, 11) is 0. The summed E-state index contributed by atoms with van der Waals surface area (Å²) in [5.41, 5.74) is 0.677. The maximum atomic E-state index is 11.7. The van der Waals surface area contributed by atoms with Crippen LogP contribution in [0.1, 0.15) is 10.4 Å². The van der Waals surface area contributed by atoms with Gasteiger partial charge in [0.15, 0.2) is 12.3 Å². The number of hydrogen-bond acceptors (Lipinski definition) is 3. The first-order chi connectivity index (χ1) is 7.25. The fourth-order valence-electron chi connectivity index (χ4n) is 1.28. The Hall–Kier alpha value is -1.69. The topological polar surface area (TPSA) is 64.8 Å². The molecule has 2 rings (SSSR count). The number of nitrogens with two attached hydrogens (primary N) is 1. The van der Waals surface area contributed by atoms with E-state index in [1.54, 1.807) is 18.5 Å². The first kappa shape index (κ1) is 12.4. The normalized spacial score (nSPS) is 9.50. The second-order valence-corrected chi connectivity index (χ2v) is 3.18. The number of rotatable bonds is 3. The monoisotopic (exact) mass is 282 g/mol. The number of halogens is 1. The van der Waals surface area contributed by atoms with Crippen LogP contribution in [0.15, 0.2) is 43.0 Å². The molecule has 0 bridgehead atoms. The third kappa shape index (κ3) is 2.90. The minimum Gasteiger partial charge on any atom is -1.00 e. The first-order valence-corrected chi connectivity index (χ1v) is 4.53. The maximum Gasteiger partial charge on any atom is 0.286 e. The molecule has 2 aromatic rings.